The molecule has 0 bridgehead atoms. The maximum Gasteiger partial charge on any atom is 0.191 e. The predicted octanol–water partition coefficient (Wildman–Crippen LogP) is 3.61. The molecule has 2 atom stereocenters. The van der Waals surface area contributed by atoms with Crippen LogP contribution in [0.2, 0.25) is 0 Å². The fraction of sp³-hybridized carbons (Fsp3) is 0.750. The normalized spacial score (nSPS) is 22.3. The number of aliphatic imine (C=N–C) groups is 1. The van der Waals surface area contributed by atoms with Gasteiger partial charge in [0.1, 0.15) is 0 Å². The molecule has 124 valence electrons. The highest BCUT2D eigenvalue weighted by molar-refractivity contribution is 7.99. The molecule has 1 aromatic rings. The molecule has 0 radical (unpaired) electrons. The van der Waals surface area contributed by atoms with Crippen molar-refractivity contribution in [3.05, 3.63) is 16.1 Å². The molecule has 0 saturated heterocycles. The summed E-state index contributed by atoms with van der Waals surface area (Å²) >= 11 is 3.72. The Morgan fingerprint density at radius 2 is 2.32 bits per heavy atom. The topological polar surface area (TPSA) is 49.3 Å². The fourth-order valence-corrected chi connectivity index (χ4v) is 4.24. The van der Waals surface area contributed by atoms with E-state index in [1.807, 2.05) is 11.8 Å². The monoisotopic (exact) mass is 340 g/mol. The first kappa shape index (κ1) is 17.6. The van der Waals surface area contributed by atoms with Crippen LogP contribution in [0.1, 0.15) is 56.7 Å². The van der Waals surface area contributed by atoms with E-state index in [9.17, 15) is 0 Å². The van der Waals surface area contributed by atoms with Gasteiger partial charge in [-0.2, -0.15) is 11.8 Å². The Kier molecular flexibility index (Phi) is 7.02. The van der Waals surface area contributed by atoms with Crippen molar-refractivity contribution in [2.75, 3.05) is 12.8 Å². The number of guanidine groups is 1. The molecule has 2 unspecified atom stereocenters. The molecule has 22 heavy (non-hydrogen) atoms. The molecular formula is C16H28N4S2. The van der Waals surface area contributed by atoms with Crippen molar-refractivity contribution in [3.63, 3.8) is 0 Å². The van der Waals surface area contributed by atoms with Crippen molar-refractivity contribution >= 4 is 29.1 Å². The molecule has 4 nitrogen and oxygen atoms in total. The van der Waals surface area contributed by atoms with Crippen molar-refractivity contribution in [3.8, 4) is 0 Å². The number of thioether (sulfide) groups is 1. The fourth-order valence-electron chi connectivity index (χ4n) is 2.62. The van der Waals surface area contributed by atoms with E-state index in [1.165, 1.54) is 24.3 Å². The Morgan fingerprint density at radius 3 is 2.91 bits per heavy atom. The van der Waals surface area contributed by atoms with E-state index < -0.39 is 0 Å². The molecule has 0 spiro atoms. The number of nitrogens with one attached hydrogen (secondary N) is 2. The van der Waals surface area contributed by atoms with Crippen molar-refractivity contribution in [2.24, 2.45) is 4.99 Å². The van der Waals surface area contributed by atoms with E-state index in [-0.39, 0.29) is 0 Å². The van der Waals surface area contributed by atoms with Crippen molar-refractivity contribution in [2.45, 2.75) is 63.8 Å². The highest BCUT2D eigenvalue weighted by Crippen LogP contribution is 2.28. The summed E-state index contributed by atoms with van der Waals surface area (Å²) in [5.74, 6) is 1.42. The van der Waals surface area contributed by atoms with Crippen LogP contribution in [-0.4, -0.2) is 35.0 Å². The summed E-state index contributed by atoms with van der Waals surface area (Å²) in [6.45, 7) is 8.01. The lowest BCUT2D eigenvalue weighted by atomic mass is 10.2. The summed E-state index contributed by atoms with van der Waals surface area (Å²) in [5, 5.41) is 11.1. The van der Waals surface area contributed by atoms with Crippen molar-refractivity contribution in [1.82, 2.24) is 15.6 Å². The zero-order chi connectivity index (χ0) is 15.9. The summed E-state index contributed by atoms with van der Waals surface area (Å²) in [5.41, 5.74) is 1.07. The highest BCUT2D eigenvalue weighted by atomic mass is 32.2. The minimum Gasteiger partial charge on any atom is -0.357 e. The van der Waals surface area contributed by atoms with E-state index in [0.717, 1.165) is 23.4 Å². The molecule has 1 fully saturated rings. The molecule has 1 aliphatic rings. The molecular weight excluding hydrogens is 312 g/mol. The zero-order valence-corrected chi connectivity index (χ0v) is 15.7. The predicted molar refractivity (Wildman–Crippen MR) is 99.1 cm³/mol. The van der Waals surface area contributed by atoms with Gasteiger partial charge in [0, 0.05) is 29.1 Å². The van der Waals surface area contributed by atoms with Gasteiger partial charge in [-0.05, 0) is 32.4 Å². The van der Waals surface area contributed by atoms with E-state index >= 15 is 0 Å². The van der Waals surface area contributed by atoms with Gasteiger partial charge in [-0.15, -0.1) is 11.3 Å². The van der Waals surface area contributed by atoms with Crippen LogP contribution in [0, 0.1) is 0 Å². The molecule has 1 saturated carbocycles. The smallest absolute Gasteiger partial charge is 0.191 e. The first-order chi connectivity index (χ1) is 10.6. The Bertz CT molecular complexity index is 484. The lowest BCUT2D eigenvalue weighted by Crippen LogP contribution is -2.42. The van der Waals surface area contributed by atoms with Gasteiger partial charge in [0.25, 0.3) is 0 Å². The largest absolute Gasteiger partial charge is 0.357 e. The van der Waals surface area contributed by atoms with E-state index in [1.54, 1.807) is 11.3 Å². The lowest BCUT2D eigenvalue weighted by Gasteiger charge is -2.17. The van der Waals surface area contributed by atoms with Crippen LogP contribution in [-0.2, 0) is 6.54 Å². The van der Waals surface area contributed by atoms with Crippen molar-refractivity contribution < 1.29 is 0 Å². The Hall–Kier alpha value is -0.750. The molecule has 1 heterocycles. The molecule has 0 aromatic carbocycles. The summed E-state index contributed by atoms with van der Waals surface area (Å²) in [4.78, 5) is 9.35. The maximum absolute atomic E-state index is 4.70. The third kappa shape index (κ3) is 5.16. The zero-order valence-electron chi connectivity index (χ0n) is 14.1. The number of hydrogen-bond donors (Lipinski definition) is 2. The molecule has 1 aromatic heterocycles. The summed E-state index contributed by atoms with van der Waals surface area (Å²) in [7, 11) is 0. The third-order valence-corrected chi connectivity index (χ3v) is 6.15. The second-order valence-corrected chi connectivity index (χ2v) is 8.07. The minimum atomic E-state index is 0.496. The minimum absolute atomic E-state index is 0.496. The molecule has 6 heteroatoms. The number of hydrogen-bond acceptors (Lipinski definition) is 4. The van der Waals surface area contributed by atoms with E-state index in [4.69, 9.17) is 4.99 Å². The number of aromatic nitrogens is 1. The van der Waals surface area contributed by atoms with Crippen LogP contribution in [0.15, 0.2) is 10.4 Å². The Morgan fingerprint density at radius 1 is 1.50 bits per heavy atom. The van der Waals surface area contributed by atoms with Crippen molar-refractivity contribution in [1.29, 1.82) is 0 Å². The first-order valence-corrected chi connectivity index (χ1v) is 10.3. The number of nitrogens with zero attached hydrogens (tertiary/aromatic N) is 2. The third-order valence-electron chi connectivity index (χ3n) is 3.87. The van der Waals surface area contributed by atoms with Gasteiger partial charge in [0.15, 0.2) is 5.96 Å². The SMILES string of the molecule is CCNC(=NCc1csc(C(C)C)n1)NC1CCC(SC)C1. The average Bonchev–Trinajstić information content (AvgIpc) is 3.14. The van der Waals surface area contributed by atoms with Crippen LogP contribution in [0.4, 0.5) is 0 Å². The second kappa shape index (κ2) is 8.77. The highest BCUT2D eigenvalue weighted by Gasteiger charge is 2.24. The Labute approximate surface area is 142 Å². The summed E-state index contributed by atoms with van der Waals surface area (Å²) < 4.78 is 0. The first-order valence-electron chi connectivity index (χ1n) is 8.14. The van der Waals surface area contributed by atoms with Crippen LogP contribution in [0.25, 0.3) is 0 Å². The molecule has 2 rings (SSSR count). The van der Waals surface area contributed by atoms with Gasteiger partial charge in [-0.1, -0.05) is 13.8 Å². The van der Waals surface area contributed by atoms with Crippen LogP contribution in [0.3, 0.4) is 0 Å². The summed E-state index contributed by atoms with van der Waals surface area (Å²) in [6.07, 6.45) is 5.99. The van der Waals surface area contributed by atoms with E-state index in [0.29, 0.717) is 18.5 Å². The molecule has 1 aliphatic carbocycles. The Balaban J connectivity index is 1.91. The lowest BCUT2D eigenvalue weighted by molar-refractivity contribution is 0.614. The van der Waals surface area contributed by atoms with Gasteiger partial charge in [0.05, 0.1) is 17.2 Å². The molecule has 0 amide bonds. The average molecular weight is 341 g/mol. The number of rotatable bonds is 6. The second-order valence-electron chi connectivity index (χ2n) is 6.04. The van der Waals surface area contributed by atoms with Gasteiger partial charge >= 0.3 is 0 Å². The van der Waals surface area contributed by atoms with Gasteiger partial charge in [0.2, 0.25) is 0 Å². The molecule has 0 aliphatic heterocycles. The van der Waals surface area contributed by atoms with Gasteiger partial charge in [-0.25, -0.2) is 9.98 Å². The quantitative estimate of drug-likeness (QED) is 0.613. The summed E-state index contributed by atoms with van der Waals surface area (Å²) in [6, 6.07) is 0.553. The number of thiazole rings is 1. The van der Waals surface area contributed by atoms with Crippen LogP contribution in [0.5, 0.6) is 0 Å². The van der Waals surface area contributed by atoms with E-state index in [2.05, 4.69) is 48.0 Å². The maximum atomic E-state index is 4.70. The van der Waals surface area contributed by atoms with Crippen LogP contribution >= 0.6 is 23.1 Å². The molecule has 2 N–H and O–H groups in total. The standard InChI is InChI=1S/C16H28N4S2/c1-5-17-16(20-12-6-7-14(8-12)21-4)18-9-13-10-22-15(19-13)11(2)3/h10-12,14H,5-9H2,1-4H3,(H2,17,18,20). The van der Waals surface area contributed by atoms with Crippen LogP contribution < -0.4 is 10.6 Å². The van der Waals surface area contributed by atoms with Gasteiger partial charge in [-0.3, -0.25) is 0 Å². The van der Waals surface area contributed by atoms with Gasteiger partial charge < -0.3 is 10.6 Å².